The Morgan fingerprint density at radius 3 is 2.37 bits per heavy atom. The van der Waals surface area contributed by atoms with Gasteiger partial charge in [0.1, 0.15) is 11.0 Å². The molecule has 1 amide bonds. The van der Waals surface area contributed by atoms with E-state index >= 15 is 0 Å². The lowest BCUT2D eigenvalue weighted by molar-refractivity contribution is -0.144. The van der Waals surface area contributed by atoms with Gasteiger partial charge < -0.3 is 25.1 Å². The van der Waals surface area contributed by atoms with Crippen LogP contribution in [0.5, 0.6) is 0 Å². The Hall–Kier alpha value is -2.77. The average Bonchev–Trinajstić information content (AvgIpc) is 3.43. The van der Waals surface area contributed by atoms with Crippen molar-refractivity contribution in [3.63, 3.8) is 0 Å². The molecule has 11 nitrogen and oxygen atoms in total. The van der Waals surface area contributed by atoms with Crippen LogP contribution in [0.3, 0.4) is 0 Å². The zero-order chi connectivity index (χ0) is 31.1. The number of rotatable bonds is 14. The monoisotopic (exact) mass is 642 g/mol. The van der Waals surface area contributed by atoms with Crippen LogP contribution in [0.25, 0.3) is 11.0 Å². The normalized spacial score (nSPS) is 13.8. The third-order valence-corrected chi connectivity index (χ3v) is 9.93. The van der Waals surface area contributed by atoms with Crippen LogP contribution < -0.4 is 0 Å². The molecule has 0 atom stereocenters. The summed E-state index contributed by atoms with van der Waals surface area (Å²) in [5, 5.41) is 16.1. The number of allylic oxidation sites excluding steroid dienone is 1. The molecular formula is C30H50N4O7S2. The summed E-state index contributed by atoms with van der Waals surface area (Å²) in [5.41, 5.74) is 3.13. The number of aliphatic carboxylic acids is 1. The number of hydrogen-bond donors (Lipinski definition) is 1. The van der Waals surface area contributed by atoms with Crippen LogP contribution in [-0.4, -0.2) is 88.1 Å². The molecule has 1 aliphatic rings. The van der Waals surface area contributed by atoms with E-state index in [0.717, 1.165) is 18.6 Å². The highest BCUT2D eigenvalue weighted by molar-refractivity contribution is 8.78. The number of hydrogen-bond acceptors (Lipinski definition) is 10. The summed E-state index contributed by atoms with van der Waals surface area (Å²) in [6, 6.07) is 5.67. The third-order valence-electron chi connectivity index (χ3n) is 6.94. The number of fused-ring (bicyclic) bond motifs is 1. The predicted molar refractivity (Wildman–Crippen MR) is 175 cm³/mol. The number of amides is 1. The van der Waals surface area contributed by atoms with Crippen molar-refractivity contribution in [2.75, 3.05) is 33.5 Å². The van der Waals surface area contributed by atoms with E-state index in [1.54, 1.807) is 29.0 Å². The SMILES string of the molecule is C/C(=C(\CCOC(=O)CCCC(=O)O)SSCC(C)C)N(C)C.CN(C(=O)c1ccc2nonc2c1)C1CCCCC1.O.[HH]. The van der Waals surface area contributed by atoms with Gasteiger partial charge in [0.2, 0.25) is 0 Å². The molecule has 1 aromatic carbocycles. The van der Waals surface area contributed by atoms with Crippen LogP contribution >= 0.6 is 21.6 Å². The number of carbonyl (C=O) groups is 3. The van der Waals surface area contributed by atoms with Crippen molar-refractivity contribution in [2.45, 2.75) is 84.6 Å². The lowest BCUT2D eigenvalue weighted by Crippen LogP contribution is -2.38. The second kappa shape index (κ2) is 20.2. The number of benzene rings is 1. The molecule has 43 heavy (non-hydrogen) atoms. The Bertz CT molecular complexity index is 1190. The van der Waals surface area contributed by atoms with Gasteiger partial charge in [-0.15, -0.1) is 0 Å². The first-order chi connectivity index (χ1) is 20.0. The summed E-state index contributed by atoms with van der Waals surface area (Å²) in [4.78, 5) is 39.6. The van der Waals surface area contributed by atoms with E-state index in [9.17, 15) is 14.4 Å². The second-order valence-corrected chi connectivity index (χ2v) is 13.5. The molecule has 0 radical (unpaired) electrons. The van der Waals surface area contributed by atoms with Gasteiger partial charge in [-0.25, -0.2) is 4.63 Å². The molecule has 244 valence electrons. The molecule has 0 unspecified atom stereocenters. The molecular weight excluding hydrogens is 592 g/mol. The van der Waals surface area contributed by atoms with Crippen molar-refractivity contribution >= 4 is 50.5 Å². The Morgan fingerprint density at radius 1 is 1.07 bits per heavy atom. The average molecular weight is 643 g/mol. The van der Waals surface area contributed by atoms with E-state index in [4.69, 9.17) is 9.84 Å². The standard InChI is InChI=1S/C16H29NO4S2.C14H17N3O2.H2O.H2/c1-12(2)11-22-23-14(13(3)17(4)5)9-10-21-16(20)8-6-7-15(18)19;1-17(11-5-3-2-4-6-11)14(18)10-7-8-12-13(9-10)16-19-15-12;;/h12H,6-11H2,1-5H3,(H,18,19);7-9,11H,2-6H2,1H3;1H2;1H/b14-13-;;;. The maximum Gasteiger partial charge on any atom is 0.305 e. The van der Waals surface area contributed by atoms with Crippen molar-refractivity contribution in [3.05, 3.63) is 34.4 Å². The summed E-state index contributed by atoms with van der Waals surface area (Å²) >= 11 is 0. The molecule has 3 N–H and O–H groups in total. The maximum absolute atomic E-state index is 12.5. The molecule has 0 bridgehead atoms. The molecule has 1 saturated carbocycles. The highest BCUT2D eigenvalue weighted by Crippen LogP contribution is 2.36. The van der Waals surface area contributed by atoms with Crippen LogP contribution in [0.2, 0.25) is 0 Å². The van der Waals surface area contributed by atoms with Crippen molar-refractivity contribution in [3.8, 4) is 0 Å². The number of aromatic nitrogens is 2. The van der Waals surface area contributed by atoms with Gasteiger partial charge in [-0.1, -0.05) is 54.7 Å². The summed E-state index contributed by atoms with van der Waals surface area (Å²) in [5.74, 6) is 0.553. The minimum absolute atomic E-state index is 0. The van der Waals surface area contributed by atoms with E-state index in [1.165, 1.54) is 29.9 Å². The third kappa shape index (κ3) is 14.0. The lowest BCUT2D eigenvalue weighted by atomic mass is 9.94. The molecule has 1 aromatic heterocycles. The fraction of sp³-hybridized carbons (Fsp3) is 0.633. The van der Waals surface area contributed by atoms with Gasteiger partial charge in [-0.2, -0.15) is 0 Å². The van der Waals surface area contributed by atoms with Crippen molar-refractivity contribution in [1.29, 1.82) is 0 Å². The van der Waals surface area contributed by atoms with E-state index in [1.807, 2.05) is 36.8 Å². The highest BCUT2D eigenvalue weighted by Gasteiger charge is 2.23. The largest absolute Gasteiger partial charge is 0.481 e. The van der Waals surface area contributed by atoms with E-state index in [-0.39, 0.29) is 31.6 Å². The minimum atomic E-state index is -0.886. The van der Waals surface area contributed by atoms with Crippen LogP contribution in [-0.2, 0) is 14.3 Å². The van der Waals surface area contributed by atoms with Crippen molar-refractivity contribution < 1.29 is 35.8 Å². The van der Waals surface area contributed by atoms with Crippen LogP contribution in [0, 0.1) is 5.92 Å². The number of esters is 1. The van der Waals surface area contributed by atoms with Gasteiger partial charge in [0.15, 0.2) is 0 Å². The summed E-state index contributed by atoms with van der Waals surface area (Å²) < 4.78 is 9.86. The summed E-state index contributed by atoms with van der Waals surface area (Å²) in [7, 11) is 9.46. The molecule has 0 aliphatic heterocycles. The smallest absolute Gasteiger partial charge is 0.305 e. The van der Waals surface area contributed by atoms with Gasteiger partial charge in [0.05, 0.1) is 6.61 Å². The van der Waals surface area contributed by atoms with Gasteiger partial charge in [-0.3, -0.25) is 14.4 Å². The zero-order valence-corrected chi connectivity index (χ0v) is 27.9. The molecule has 1 fully saturated rings. The minimum Gasteiger partial charge on any atom is -0.481 e. The molecule has 1 aliphatic carbocycles. The molecule has 1 heterocycles. The Balaban J connectivity index is 0.000000812. The van der Waals surface area contributed by atoms with Gasteiger partial charge in [0, 0.05) is 69.8 Å². The number of carboxylic acids is 1. The first kappa shape index (κ1) is 38.3. The van der Waals surface area contributed by atoms with Crippen LogP contribution in [0.15, 0.2) is 33.4 Å². The first-order valence-corrected chi connectivity index (χ1v) is 16.8. The maximum atomic E-state index is 12.5. The summed E-state index contributed by atoms with van der Waals surface area (Å²) in [6.45, 7) is 6.78. The molecule has 13 heteroatoms. The Kier molecular flexibility index (Phi) is 18.0. The quantitative estimate of drug-likeness (QED) is 0.189. The Morgan fingerprint density at radius 2 is 1.74 bits per heavy atom. The molecule has 0 spiro atoms. The van der Waals surface area contributed by atoms with E-state index in [2.05, 4.69) is 40.6 Å². The molecule has 0 saturated heterocycles. The van der Waals surface area contributed by atoms with Crippen LogP contribution in [0.4, 0.5) is 0 Å². The Labute approximate surface area is 264 Å². The first-order valence-electron chi connectivity index (χ1n) is 14.5. The van der Waals surface area contributed by atoms with Crippen LogP contribution in [0.1, 0.15) is 90.3 Å². The zero-order valence-electron chi connectivity index (χ0n) is 26.3. The fourth-order valence-corrected chi connectivity index (χ4v) is 7.25. The predicted octanol–water partition coefficient (Wildman–Crippen LogP) is 6.05. The van der Waals surface area contributed by atoms with Crippen molar-refractivity contribution in [1.82, 2.24) is 20.1 Å². The lowest BCUT2D eigenvalue weighted by Gasteiger charge is -2.31. The highest BCUT2D eigenvalue weighted by atomic mass is 33.1. The number of carboxylic acid groups (broad SMARTS) is 1. The topological polar surface area (TPSA) is 158 Å². The second-order valence-electron chi connectivity index (χ2n) is 11.1. The number of ether oxygens (including phenoxy) is 1. The van der Waals surface area contributed by atoms with Gasteiger partial charge in [0.25, 0.3) is 5.91 Å². The fourth-order valence-electron chi connectivity index (χ4n) is 4.24. The van der Waals surface area contributed by atoms with E-state index < -0.39 is 5.97 Å². The number of carbonyl (C=O) groups excluding carboxylic acids is 2. The molecule has 3 rings (SSSR count). The van der Waals surface area contributed by atoms with Gasteiger partial charge in [-0.05, 0) is 60.6 Å². The number of nitrogens with zero attached hydrogens (tertiary/aromatic N) is 4. The summed E-state index contributed by atoms with van der Waals surface area (Å²) in [6.07, 6.45) is 7.11. The van der Waals surface area contributed by atoms with E-state index in [0.29, 0.717) is 48.0 Å². The van der Waals surface area contributed by atoms with Crippen molar-refractivity contribution in [2.24, 2.45) is 5.92 Å². The molecule has 2 aromatic rings. The van der Waals surface area contributed by atoms with Gasteiger partial charge >= 0.3 is 11.9 Å².